The first kappa shape index (κ1) is 12.4. The van der Waals surface area contributed by atoms with Crippen LogP contribution in [0.4, 0.5) is 11.5 Å². The Labute approximate surface area is 93.7 Å². The minimum absolute atomic E-state index is 0.00795. The van der Waals surface area contributed by atoms with Crippen LogP contribution >= 0.6 is 0 Å². The number of nitrogens with zero attached hydrogens (tertiary/aromatic N) is 3. The summed E-state index contributed by atoms with van der Waals surface area (Å²) in [5.74, 6) is 0.512. The highest BCUT2D eigenvalue weighted by atomic mass is 16.6. The highest BCUT2D eigenvalue weighted by Crippen LogP contribution is 2.19. The van der Waals surface area contributed by atoms with E-state index in [-0.39, 0.29) is 18.3 Å². The molecule has 0 unspecified atom stereocenters. The van der Waals surface area contributed by atoms with Gasteiger partial charge in [-0.1, -0.05) is 0 Å². The maximum atomic E-state index is 10.6. The molecule has 0 aromatic carbocycles. The molecule has 1 aromatic heterocycles. The standard InChI is InChI=1S/C10H15N3O3/c1-8(2)12(5-6-14)10-7-9(13(15)16)3-4-11-10/h3-4,7-8,14H,5-6H2,1-2H3. The third-order valence-corrected chi connectivity index (χ3v) is 2.20. The molecule has 0 fully saturated rings. The van der Waals surface area contributed by atoms with E-state index in [0.717, 1.165) is 0 Å². The quantitative estimate of drug-likeness (QED) is 0.601. The van der Waals surface area contributed by atoms with Gasteiger partial charge in [-0.2, -0.15) is 0 Å². The van der Waals surface area contributed by atoms with Gasteiger partial charge >= 0.3 is 0 Å². The molecule has 1 aromatic rings. The van der Waals surface area contributed by atoms with Crippen LogP contribution in [-0.4, -0.2) is 34.2 Å². The molecular weight excluding hydrogens is 210 g/mol. The molecule has 1 rings (SSSR count). The van der Waals surface area contributed by atoms with Crippen molar-refractivity contribution in [1.82, 2.24) is 4.98 Å². The molecule has 0 aliphatic carbocycles. The van der Waals surface area contributed by atoms with E-state index in [0.29, 0.717) is 12.4 Å². The Balaban J connectivity index is 3.00. The summed E-state index contributed by atoms with van der Waals surface area (Å²) in [6.07, 6.45) is 1.40. The molecule has 16 heavy (non-hydrogen) atoms. The highest BCUT2D eigenvalue weighted by molar-refractivity contribution is 5.47. The zero-order valence-electron chi connectivity index (χ0n) is 9.33. The summed E-state index contributed by atoms with van der Waals surface area (Å²) in [4.78, 5) is 16.0. The van der Waals surface area contributed by atoms with Crippen molar-refractivity contribution in [3.8, 4) is 0 Å². The number of hydrogen-bond acceptors (Lipinski definition) is 5. The number of aromatic nitrogens is 1. The Kier molecular flexibility index (Phi) is 4.19. The van der Waals surface area contributed by atoms with Crippen molar-refractivity contribution in [2.24, 2.45) is 0 Å². The van der Waals surface area contributed by atoms with Crippen molar-refractivity contribution in [3.63, 3.8) is 0 Å². The Morgan fingerprint density at radius 1 is 1.62 bits per heavy atom. The van der Waals surface area contributed by atoms with Gasteiger partial charge in [0.05, 0.1) is 17.6 Å². The van der Waals surface area contributed by atoms with E-state index < -0.39 is 4.92 Å². The molecule has 6 nitrogen and oxygen atoms in total. The Morgan fingerprint density at radius 3 is 2.81 bits per heavy atom. The van der Waals surface area contributed by atoms with E-state index >= 15 is 0 Å². The number of hydrogen-bond donors (Lipinski definition) is 1. The lowest BCUT2D eigenvalue weighted by Gasteiger charge is -2.26. The van der Waals surface area contributed by atoms with Gasteiger partial charge < -0.3 is 10.0 Å². The Morgan fingerprint density at radius 2 is 2.31 bits per heavy atom. The molecule has 0 saturated carbocycles. The third kappa shape index (κ3) is 2.90. The van der Waals surface area contributed by atoms with Gasteiger partial charge in [-0.25, -0.2) is 4.98 Å². The molecule has 0 aliphatic heterocycles. The minimum Gasteiger partial charge on any atom is -0.395 e. The molecular formula is C10H15N3O3. The van der Waals surface area contributed by atoms with Crippen LogP contribution in [0, 0.1) is 10.1 Å². The van der Waals surface area contributed by atoms with Gasteiger partial charge in [-0.15, -0.1) is 0 Å². The molecule has 0 aliphatic rings. The summed E-state index contributed by atoms with van der Waals surface area (Å²) < 4.78 is 0. The zero-order valence-corrected chi connectivity index (χ0v) is 9.33. The lowest BCUT2D eigenvalue weighted by Crippen LogP contribution is -2.34. The number of aliphatic hydroxyl groups is 1. The van der Waals surface area contributed by atoms with Gasteiger partial charge in [0, 0.05) is 24.8 Å². The van der Waals surface area contributed by atoms with Crippen LogP contribution in [0.2, 0.25) is 0 Å². The fourth-order valence-corrected chi connectivity index (χ4v) is 1.42. The fourth-order valence-electron chi connectivity index (χ4n) is 1.42. The van der Waals surface area contributed by atoms with Crippen LogP contribution in [0.25, 0.3) is 0 Å². The fraction of sp³-hybridized carbons (Fsp3) is 0.500. The van der Waals surface area contributed by atoms with Crippen molar-refractivity contribution in [3.05, 3.63) is 28.4 Å². The number of aliphatic hydroxyl groups excluding tert-OH is 1. The van der Waals surface area contributed by atoms with Crippen LogP contribution < -0.4 is 4.90 Å². The molecule has 0 bridgehead atoms. The SMILES string of the molecule is CC(C)N(CCO)c1cc([N+](=O)[O-])ccn1. The minimum atomic E-state index is -0.456. The maximum Gasteiger partial charge on any atom is 0.274 e. The summed E-state index contributed by atoms with van der Waals surface area (Å²) in [6.45, 7) is 4.28. The second-order valence-corrected chi connectivity index (χ2v) is 3.64. The second kappa shape index (κ2) is 5.41. The summed E-state index contributed by atoms with van der Waals surface area (Å²) in [5.41, 5.74) is 0.00795. The number of anilines is 1. The average Bonchev–Trinajstić information content (AvgIpc) is 2.25. The first-order chi connectivity index (χ1) is 7.56. The van der Waals surface area contributed by atoms with Crippen molar-refractivity contribution in [1.29, 1.82) is 0 Å². The monoisotopic (exact) mass is 225 g/mol. The van der Waals surface area contributed by atoms with Crippen molar-refractivity contribution >= 4 is 11.5 Å². The normalized spacial score (nSPS) is 10.5. The van der Waals surface area contributed by atoms with E-state index in [1.807, 2.05) is 18.7 Å². The zero-order chi connectivity index (χ0) is 12.1. The highest BCUT2D eigenvalue weighted by Gasteiger charge is 2.14. The largest absolute Gasteiger partial charge is 0.395 e. The van der Waals surface area contributed by atoms with E-state index in [1.54, 1.807) is 0 Å². The van der Waals surface area contributed by atoms with Crippen LogP contribution in [-0.2, 0) is 0 Å². The molecule has 0 spiro atoms. The third-order valence-electron chi connectivity index (χ3n) is 2.20. The molecule has 0 saturated heterocycles. The maximum absolute atomic E-state index is 10.6. The molecule has 1 N–H and O–H groups in total. The predicted octanol–water partition coefficient (Wildman–Crippen LogP) is 1.20. The Bertz CT molecular complexity index is 368. The number of rotatable bonds is 5. The molecule has 6 heteroatoms. The van der Waals surface area contributed by atoms with Crippen LogP contribution in [0.5, 0.6) is 0 Å². The predicted molar refractivity (Wildman–Crippen MR) is 60.5 cm³/mol. The summed E-state index contributed by atoms with van der Waals surface area (Å²) >= 11 is 0. The van der Waals surface area contributed by atoms with E-state index in [1.165, 1.54) is 18.3 Å². The molecule has 0 radical (unpaired) electrons. The summed E-state index contributed by atoms with van der Waals surface area (Å²) in [6, 6.07) is 2.89. The molecule has 0 atom stereocenters. The van der Waals surface area contributed by atoms with Gasteiger partial charge in [0.2, 0.25) is 0 Å². The molecule has 1 heterocycles. The lowest BCUT2D eigenvalue weighted by atomic mass is 10.3. The first-order valence-electron chi connectivity index (χ1n) is 5.04. The van der Waals surface area contributed by atoms with Gasteiger partial charge in [-0.05, 0) is 13.8 Å². The van der Waals surface area contributed by atoms with E-state index in [2.05, 4.69) is 4.98 Å². The average molecular weight is 225 g/mol. The van der Waals surface area contributed by atoms with E-state index in [4.69, 9.17) is 5.11 Å². The smallest absolute Gasteiger partial charge is 0.274 e. The first-order valence-corrected chi connectivity index (χ1v) is 5.04. The van der Waals surface area contributed by atoms with E-state index in [9.17, 15) is 10.1 Å². The molecule has 88 valence electrons. The van der Waals surface area contributed by atoms with Gasteiger partial charge in [-0.3, -0.25) is 10.1 Å². The van der Waals surface area contributed by atoms with Crippen molar-refractivity contribution < 1.29 is 10.0 Å². The number of nitro groups is 1. The van der Waals surface area contributed by atoms with Gasteiger partial charge in [0.1, 0.15) is 5.82 Å². The van der Waals surface area contributed by atoms with Gasteiger partial charge in [0.15, 0.2) is 0 Å². The van der Waals surface area contributed by atoms with Crippen LogP contribution in [0.1, 0.15) is 13.8 Å². The lowest BCUT2D eigenvalue weighted by molar-refractivity contribution is -0.384. The Hall–Kier alpha value is -1.69. The second-order valence-electron chi connectivity index (χ2n) is 3.64. The van der Waals surface area contributed by atoms with Crippen molar-refractivity contribution in [2.45, 2.75) is 19.9 Å². The van der Waals surface area contributed by atoms with Crippen molar-refractivity contribution in [2.75, 3.05) is 18.1 Å². The van der Waals surface area contributed by atoms with Crippen LogP contribution in [0.3, 0.4) is 0 Å². The van der Waals surface area contributed by atoms with Crippen LogP contribution in [0.15, 0.2) is 18.3 Å². The van der Waals surface area contributed by atoms with Gasteiger partial charge in [0.25, 0.3) is 5.69 Å². The summed E-state index contributed by atoms with van der Waals surface area (Å²) in [5, 5.41) is 19.5. The molecule has 0 amide bonds. The topological polar surface area (TPSA) is 79.5 Å². The summed E-state index contributed by atoms with van der Waals surface area (Å²) in [7, 11) is 0. The number of pyridine rings is 1.